The highest BCUT2D eigenvalue weighted by Crippen LogP contribution is 2.23. The van der Waals surface area contributed by atoms with Crippen LogP contribution in [-0.2, 0) is 13.0 Å². The van der Waals surface area contributed by atoms with Gasteiger partial charge >= 0.3 is 0 Å². The van der Waals surface area contributed by atoms with Crippen LogP contribution in [0.5, 0.6) is 0 Å². The fraction of sp³-hybridized carbons (Fsp3) is 0.154. The molecule has 0 amide bonds. The van der Waals surface area contributed by atoms with Crippen LogP contribution in [0.25, 0.3) is 11.0 Å². The van der Waals surface area contributed by atoms with Gasteiger partial charge < -0.3 is 14.0 Å². The summed E-state index contributed by atoms with van der Waals surface area (Å²) in [6, 6.07) is 6.69. The average molecular weight is 297 g/mol. The van der Waals surface area contributed by atoms with E-state index >= 15 is 0 Å². The van der Waals surface area contributed by atoms with Gasteiger partial charge in [0, 0.05) is 19.0 Å². The number of imidazole rings is 1. The summed E-state index contributed by atoms with van der Waals surface area (Å²) in [6.45, 7) is 0.647. The predicted molar refractivity (Wildman–Crippen MR) is 74.5 cm³/mol. The number of H-pyrrole nitrogens is 1. The van der Waals surface area contributed by atoms with Gasteiger partial charge in [-0.2, -0.15) is 0 Å². The third kappa shape index (κ3) is 2.31. The molecule has 3 rings (SSSR count). The van der Waals surface area contributed by atoms with Gasteiger partial charge in [0.15, 0.2) is 4.77 Å². The van der Waals surface area contributed by atoms with E-state index in [0.29, 0.717) is 23.3 Å². The maximum Gasteiger partial charge on any atom is 0.178 e. The van der Waals surface area contributed by atoms with Gasteiger partial charge in [-0.25, -0.2) is 4.39 Å². The molecule has 3 nitrogen and oxygen atoms in total. The molecular formula is C13H10ClFN2OS. The zero-order valence-electron chi connectivity index (χ0n) is 9.82. The molecule has 0 unspecified atom stereocenters. The van der Waals surface area contributed by atoms with Crippen LogP contribution in [0.15, 0.2) is 34.9 Å². The number of hydrogen-bond donors (Lipinski definition) is 1. The van der Waals surface area contributed by atoms with Crippen molar-refractivity contribution in [2.45, 2.75) is 13.0 Å². The number of nitrogens with one attached hydrogen (secondary N) is 1. The second kappa shape index (κ2) is 4.83. The molecule has 1 aromatic carbocycles. The van der Waals surface area contributed by atoms with Gasteiger partial charge in [-0.1, -0.05) is 11.6 Å². The highest BCUT2D eigenvalue weighted by atomic mass is 35.5. The lowest BCUT2D eigenvalue weighted by atomic mass is 10.3. The second-order valence-electron chi connectivity index (χ2n) is 4.19. The number of hydrogen-bond acceptors (Lipinski definition) is 2. The molecule has 0 saturated carbocycles. The summed E-state index contributed by atoms with van der Waals surface area (Å²) in [4.78, 5) is 2.97. The summed E-state index contributed by atoms with van der Waals surface area (Å²) in [5, 5.41) is 0.0910. The fourth-order valence-corrected chi connectivity index (χ4v) is 2.51. The molecule has 19 heavy (non-hydrogen) atoms. The number of aryl methyl sites for hydroxylation is 2. The molecule has 0 fully saturated rings. The van der Waals surface area contributed by atoms with E-state index in [1.807, 2.05) is 16.7 Å². The van der Waals surface area contributed by atoms with Gasteiger partial charge in [0.1, 0.15) is 11.6 Å². The van der Waals surface area contributed by atoms with E-state index in [9.17, 15) is 4.39 Å². The minimum absolute atomic E-state index is 0.0910. The highest BCUT2D eigenvalue weighted by molar-refractivity contribution is 7.71. The molecule has 0 spiro atoms. The average Bonchev–Trinajstić information content (AvgIpc) is 2.96. The van der Waals surface area contributed by atoms with Crippen molar-refractivity contribution >= 4 is 34.9 Å². The number of aromatic nitrogens is 2. The monoisotopic (exact) mass is 296 g/mol. The van der Waals surface area contributed by atoms with E-state index in [-0.39, 0.29) is 5.02 Å². The summed E-state index contributed by atoms with van der Waals surface area (Å²) in [6.07, 6.45) is 2.35. The molecule has 0 aliphatic heterocycles. The van der Waals surface area contributed by atoms with E-state index in [0.717, 1.165) is 11.3 Å². The molecule has 0 aliphatic carbocycles. The molecule has 98 valence electrons. The Hall–Kier alpha value is -1.59. The zero-order valence-corrected chi connectivity index (χ0v) is 11.4. The molecule has 6 heteroatoms. The maximum absolute atomic E-state index is 13.4. The summed E-state index contributed by atoms with van der Waals surface area (Å²) in [7, 11) is 0. The van der Waals surface area contributed by atoms with Gasteiger partial charge in [-0.3, -0.25) is 0 Å². The third-order valence-corrected chi connectivity index (χ3v) is 3.59. The minimum Gasteiger partial charge on any atom is -0.469 e. The third-order valence-electron chi connectivity index (χ3n) is 2.98. The first-order valence-corrected chi connectivity index (χ1v) is 6.54. The van der Waals surface area contributed by atoms with E-state index in [2.05, 4.69) is 4.98 Å². The summed E-state index contributed by atoms with van der Waals surface area (Å²) >= 11 is 11.1. The van der Waals surface area contributed by atoms with Crippen molar-refractivity contribution in [3.63, 3.8) is 0 Å². The first-order chi connectivity index (χ1) is 9.15. The SMILES string of the molecule is Fc1cc2[nH]c(=S)n(CCc3ccco3)c2cc1Cl. The molecule has 3 aromatic rings. The summed E-state index contributed by atoms with van der Waals surface area (Å²) in [5.41, 5.74) is 1.44. The van der Waals surface area contributed by atoms with Crippen molar-refractivity contribution in [3.8, 4) is 0 Å². The van der Waals surface area contributed by atoms with Gasteiger partial charge in [0.05, 0.1) is 22.3 Å². The molecule has 2 heterocycles. The largest absolute Gasteiger partial charge is 0.469 e. The molecule has 0 atom stereocenters. The normalized spacial score (nSPS) is 11.3. The first kappa shape index (κ1) is 12.4. The maximum atomic E-state index is 13.4. The summed E-state index contributed by atoms with van der Waals surface area (Å²) < 4.78 is 21.1. The Kier molecular flexibility index (Phi) is 3.16. The quantitative estimate of drug-likeness (QED) is 0.730. The number of nitrogens with zero attached hydrogens (tertiary/aromatic N) is 1. The Morgan fingerprint density at radius 3 is 3.00 bits per heavy atom. The van der Waals surface area contributed by atoms with Crippen LogP contribution < -0.4 is 0 Å². The Morgan fingerprint density at radius 2 is 2.26 bits per heavy atom. The second-order valence-corrected chi connectivity index (χ2v) is 4.99. The Labute approximate surface area is 118 Å². The molecule has 2 aromatic heterocycles. The van der Waals surface area contributed by atoms with Crippen molar-refractivity contribution in [3.05, 3.63) is 51.9 Å². The van der Waals surface area contributed by atoms with Crippen LogP contribution in [0.1, 0.15) is 5.76 Å². The van der Waals surface area contributed by atoms with E-state index in [1.165, 1.54) is 6.07 Å². The minimum atomic E-state index is -0.455. The molecule has 0 saturated heterocycles. The smallest absolute Gasteiger partial charge is 0.178 e. The lowest BCUT2D eigenvalue weighted by Gasteiger charge is -2.03. The number of halogens is 2. The standard InChI is InChI=1S/C13H10ClFN2OS/c14-9-6-12-11(7-10(9)15)16-13(19)17(12)4-3-8-2-1-5-18-8/h1-2,5-7H,3-4H2,(H,16,19). The lowest BCUT2D eigenvalue weighted by Crippen LogP contribution is -2.00. The number of aromatic amines is 1. The molecule has 0 radical (unpaired) electrons. The van der Waals surface area contributed by atoms with Crippen LogP contribution in [0.4, 0.5) is 4.39 Å². The topological polar surface area (TPSA) is 33.9 Å². The molecule has 0 aliphatic rings. The molecular weight excluding hydrogens is 287 g/mol. The molecule has 0 bridgehead atoms. The van der Waals surface area contributed by atoms with E-state index in [4.69, 9.17) is 28.2 Å². The van der Waals surface area contributed by atoms with Crippen molar-refractivity contribution in [1.82, 2.24) is 9.55 Å². The van der Waals surface area contributed by atoms with Gasteiger partial charge in [0.2, 0.25) is 0 Å². The van der Waals surface area contributed by atoms with Crippen molar-refractivity contribution in [1.29, 1.82) is 0 Å². The Balaban J connectivity index is 2.00. The van der Waals surface area contributed by atoms with Gasteiger partial charge in [-0.15, -0.1) is 0 Å². The van der Waals surface area contributed by atoms with E-state index < -0.39 is 5.82 Å². The number of benzene rings is 1. The molecule has 1 N–H and O–H groups in total. The van der Waals surface area contributed by atoms with Crippen LogP contribution in [0.2, 0.25) is 5.02 Å². The zero-order chi connectivity index (χ0) is 13.4. The Morgan fingerprint density at radius 1 is 1.42 bits per heavy atom. The number of furan rings is 1. The van der Waals surface area contributed by atoms with Crippen molar-refractivity contribution < 1.29 is 8.81 Å². The lowest BCUT2D eigenvalue weighted by molar-refractivity contribution is 0.492. The van der Waals surface area contributed by atoms with Crippen LogP contribution in [0, 0.1) is 10.6 Å². The number of fused-ring (bicyclic) bond motifs is 1. The van der Waals surface area contributed by atoms with Crippen LogP contribution >= 0.6 is 23.8 Å². The van der Waals surface area contributed by atoms with Crippen LogP contribution in [0.3, 0.4) is 0 Å². The van der Waals surface area contributed by atoms with Crippen molar-refractivity contribution in [2.75, 3.05) is 0 Å². The first-order valence-electron chi connectivity index (χ1n) is 5.75. The van der Waals surface area contributed by atoms with Crippen molar-refractivity contribution in [2.24, 2.45) is 0 Å². The Bertz CT molecular complexity index is 776. The van der Waals surface area contributed by atoms with Gasteiger partial charge in [-0.05, 0) is 30.4 Å². The van der Waals surface area contributed by atoms with E-state index in [1.54, 1.807) is 12.3 Å². The van der Waals surface area contributed by atoms with Gasteiger partial charge in [0.25, 0.3) is 0 Å². The number of rotatable bonds is 3. The predicted octanol–water partition coefficient (Wildman–Crippen LogP) is 4.33. The highest BCUT2D eigenvalue weighted by Gasteiger charge is 2.09. The summed E-state index contributed by atoms with van der Waals surface area (Å²) in [5.74, 6) is 0.424. The van der Waals surface area contributed by atoms with Crippen LogP contribution in [-0.4, -0.2) is 9.55 Å². The fourth-order valence-electron chi connectivity index (χ4n) is 2.05.